The largest absolute Gasteiger partial charge is 0.354 e. The molecule has 6 nitrogen and oxygen atoms in total. The number of pyridine rings is 1. The summed E-state index contributed by atoms with van der Waals surface area (Å²) in [5.41, 5.74) is 3.76. The molecule has 0 atom stereocenters. The highest BCUT2D eigenvalue weighted by Gasteiger charge is 2.32. The first-order valence-electron chi connectivity index (χ1n) is 9.06. The first-order valence-corrected chi connectivity index (χ1v) is 10.9. The molecule has 0 aliphatic carbocycles. The molecule has 0 spiro atoms. The van der Waals surface area contributed by atoms with E-state index in [1.165, 1.54) is 0 Å². The molecule has 2 heterocycles. The number of rotatable bonds is 3. The number of piperazine rings is 1. The number of halogens is 1. The third kappa shape index (κ3) is 3.60. The predicted octanol–water partition coefficient (Wildman–Crippen LogP) is 3.35. The Morgan fingerprint density at radius 2 is 1.61 bits per heavy atom. The SMILES string of the molecule is Cc1cc(C)c(C)c(S(=O)(=O)N2CCN(c3ccc(Cl)c(C#N)n3)CC2)c1C. The van der Waals surface area contributed by atoms with Crippen LogP contribution in [0.4, 0.5) is 5.82 Å². The maximum absolute atomic E-state index is 13.4. The molecule has 1 aliphatic rings. The Balaban J connectivity index is 1.85. The second kappa shape index (κ2) is 7.70. The second-order valence-corrected chi connectivity index (χ2v) is 9.37. The summed E-state index contributed by atoms with van der Waals surface area (Å²) in [5.74, 6) is 0.636. The fourth-order valence-electron chi connectivity index (χ4n) is 3.54. The fraction of sp³-hybridized carbons (Fsp3) is 0.400. The van der Waals surface area contributed by atoms with E-state index < -0.39 is 10.0 Å². The lowest BCUT2D eigenvalue weighted by atomic mass is 10.0. The number of aryl methyl sites for hydroxylation is 2. The van der Waals surface area contributed by atoms with Gasteiger partial charge >= 0.3 is 0 Å². The Hall–Kier alpha value is -2.14. The maximum Gasteiger partial charge on any atom is 0.243 e. The highest BCUT2D eigenvalue weighted by atomic mass is 35.5. The van der Waals surface area contributed by atoms with Gasteiger partial charge in [0.2, 0.25) is 10.0 Å². The van der Waals surface area contributed by atoms with Gasteiger partial charge in [0.05, 0.1) is 9.92 Å². The van der Waals surface area contributed by atoms with Gasteiger partial charge in [-0.05, 0) is 62.1 Å². The van der Waals surface area contributed by atoms with Crippen LogP contribution in [0.25, 0.3) is 0 Å². The van der Waals surface area contributed by atoms with Crippen LogP contribution in [0.2, 0.25) is 5.02 Å². The standard InChI is InChI=1S/C20H23ClN4O2S/c1-13-11-14(2)16(4)20(15(13)3)28(26,27)25-9-7-24(8-10-25)19-6-5-17(21)18(12-22)23-19/h5-6,11H,7-10H2,1-4H3. The smallest absolute Gasteiger partial charge is 0.243 e. The fourth-order valence-corrected chi connectivity index (χ4v) is 5.69. The van der Waals surface area contributed by atoms with E-state index in [0.29, 0.717) is 41.9 Å². The number of benzene rings is 1. The number of anilines is 1. The van der Waals surface area contributed by atoms with Gasteiger partial charge in [0.1, 0.15) is 11.9 Å². The lowest BCUT2D eigenvalue weighted by Crippen LogP contribution is -2.49. The molecule has 0 unspecified atom stereocenters. The molecule has 28 heavy (non-hydrogen) atoms. The summed E-state index contributed by atoms with van der Waals surface area (Å²) < 4.78 is 28.2. The van der Waals surface area contributed by atoms with Gasteiger partial charge in [0.15, 0.2) is 5.69 Å². The lowest BCUT2D eigenvalue weighted by molar-refractivity contribution is 0.383. The van der Waals surface area contributed by atoms with Gasteiger partial charge in [0, 0.05) is 26.2 Å². The van der Waals surface area contributed by atoms with Crippen LogP contribution >= 0.6 is 11.6 Å². The second-order valence-electron chi connectivity index (χ2n) is 7.09. The van der Waals surface area contributed by atoms with E-state index in [1.54, 1.807) is 16.4 Å². The van der Waals surface area contributed by atoms with Crippen molar-refractivity contribution in [1.29, 1.82) is 5.26 Å². The van der Waals surface area contributed by atoms with Crippen LogP contribution in [-0.4, -0.2) is 43.9 Å². The normalized spacial score (nSPS) is 15.5. The van der Waals surface area contributed by atoms with Crippen LogP contribution < -0.4 is 4.90 Å². The Labute approximate surface area is 171 Å². The first-order chi connectivity index (χ1) is 13.2. The van der Waals surface area contributed by atoms with Crippen LogP contribution in [-0.2, 0) is 10.0 Å². The average Bonchev–Trinajstić information content (AvgIpc) is 2.67. The van der Waals surface area contributed by atoms with E-state index in [4.69, 9.17) is 16.9 Å². The van der Waals surface area contributed by atoms with Crippen molar-refractivity contribution < 1.29 is 8.42 Å². The lowest BCUT2D eigenvalue weighted by Gasteiger charge is -2.35. The molecule has 0 N–H and O–H groups in total. The zero-order valence-electron chi connectivity index (χ0n) is 16.5. The minimum absolute atomic E-state index is 0.177. The van der Waals surface area contributed by atoms with Crippen molar-refractivity contribution in [3.8, 4) is 6.07 Å². The summed E-state index contributed by atoms with van der Waals surface area (Å²) in [6.07, 6.45) is 0. The van der Waals surface area contributed by atoms with Crippen LogP contribution in [0, 0.1) is 39.0 Å². The number of hydrogen-bond acceptors (Lipinski definition) is 5. The van der Waals surface area contributed by atoms with Crippen LogP contribution in [0.5, 0.6) is 0 Å². The molecule has 1 aliphatic heterocycles. The zero-order chi connectivity index (χ0) is 20.6. The topological polar surface area (TPSA) is 77.3 Å². The van der Waals surface area contributed by atoms with E-state index in [0.717, 1.165) is 22.3 Å². The summed E-state index contributed by atoms with van der Waals surface area (Å²) in [6, 6.07) is 7.41. The van der Waals surface area contributed by atoms with Gasteiger partial charge < -0.3 is 4.90 Å². The highest BCUT2D eigenvalue weighted by molar-refractivity contribution is 7.89. The molecule has 0 radical (unpaired) electrons. The number of hydrogen-bond donors (Lipinski definition) is 0. The third-order valence-corrected chi connectivity index (χ3v) is 7.87. The quantitative estimate of drug-likeness (QED) is 0.763. The van der Waals surface area contributed by atoms with Gasteiger partial charge in [-0.2, -0.15) is 9.57 Å². The van der Waals surface area contributed by atoms with Gasteiger partial charge in [-0.25, -0.2) is 13.4 Å². The molecule has 1 aromatic heterocycles. The third-order valence-electron chi connectivity index (χ3n) is 5.39. The van der Waals surface area contributed by atoms with E-state index in [9.17, 15) is 8.42 Å². The molecule has 0 amide bonds. The molecule has 1 fully saturated rings. The van der Waals surface area contributed by atoms with Crippen LogP contribution in [0.15, 0.2) is 23.1 Å². The Bertz CT molecular complexity index is 1040. The summed E-state index contributed by atoms with van der Waals surface area (Å²) in [7, 11) is -3.58. The maximum atomic E-state index is 13.4. The van der Waals surface area contributed by atoms with E-state index in [-0.39, 0.29) is 5.69 Å². The summed E-state index contributed by atoms with van der Waals surface area (Å²) in [6.45, 7) is 9.34. The summed E-state index contributed by atoms with van der Waals surface area (Å²) in [5, 5.41) is 9.42. The van der Waals surface area contributed by atoms with Crippen molar-refractivity contribution in [3.63, 3.8) is 0 Å². The number of aromatic nitrogens is 1. The van der Waals surface area contributed by atoms with Gasteiger partial charge in [-0.15, -0.1) is 0 Å². The molecule has 148 valence electrons. The number of nitriles is 1. The Morgan fingerprint density at radius 1 is 1.04 bits per heavy atom. The van der Waals surface area contributed by atoms with Crippen molar-refractivity contribution in [2.45, 2.75) is 32.6 Å². The molecule has 1 aromatic carbocycles. The van der Waals surface area contributed by atoms with Gasteiger partial charge in [-0.1, -0.05) is 17.7 Å². The number of sulfonamides is 1. The van der Waals surface area contributed by atoms with E-state index >= 15 is 0 Å². The molecule has 0 bridgehead atoms. The number of nitrogens with zero attached hydrogens (tertiary/aromatic N) is 4. The van der Waals surface area contributed by atoms with E-state index in [1.807, 2.05) is 44.7 Å². The van der Waals surface area contributed by atoms with Crippen molar-refractivity contribution in [3.05, 3.63) is 51.2 Å². The van der Waals surface area contributed by atoms with Crippen LogP contribution in [0.3, 0.4) is 0 Å². The Morgan fingerprint density at radius 3 is 2.14 bits per heavy atom. The van der Waals surface area contributed by atoms with Crippen molar-refractivity contribution in [2.75, 3.05) is 31.1 Å². The Kier molecular flexibility index (Phi) is 5.67. The molecule has 0 saturated carbocycles. The predicted molar refractivity (Wildman–Crippen MR) is 110 cm³/mol. The monoisotopic (exact) mass is 418 g/mol. The van der Waals surface area contributed by atoms with E-state index in [2.05, 4.69) is 4.98 Å². The minimum Gasteiger partial charge on any atom is -0.354 e. The average molecular weight is 419 g/mol. The van der Waals surface area contributed by atoms with Crippen molar-refractivity contribution in [2.24, 2.45) is 0 Å². The molecule has 3 rings (SSSR count). The summed E-state index contributed by atoms with van der Waals surface area (Å²) >= 11 is 5.95. The van der Waals surface area contributed by atoms with Crippen molar-refractivity contribution >= 4 is 27.4 Å². The molecular formula is C20H23ClN4O2S. The highest BCUT2D eigenvalue weighted by Crippen LogP contribution is 2.30. The van der Waals surface area contributed by atoms with Gasteiger partial charge in [-0.3, -0.25) is 0 Å². The van der Waals surface area contributed by atoms with Crippen LogP contribution in [0.1, 0.15) is 27.9 Å². The molecular weight excluding hydrogens is 396 g/mol. The minimum atomic E-state index is -3.58. The zero-order valence-corrected chi connectivity index (χ0v) is 18.0. The van der Waals surface area contributed by atoms with Crippen molar-refractivity contribution in [1.82, 2.24) is 9.29 Å². The first kappa shape index (κ1) is 20.6. The molecule has 8 heteroatoms. The summed E-state index contributed by atoms with van der Waals surface area (Å²) in [4.78, 5) is 6.68. The molecule has 1 saturated heterocycles. The molecule has 2 aromatic rings. The van der Waals surface area contributed by atoms with Gasteiger partial charge in [0.25, 0.3) is 0 Å².